The van der Waals surface area contributed by atoms with Crippen LogP contribution in [0.4, 0.5) is 0 Å². The molecule has 0 radical (unpaired) electrons. The van der Waals surface area contributed by atoms with E-state index in [1.807, 2.05) is 49.4 Å². The van der Waals surface area contributed by atoms with Crippen molar-refractivity contribution in [3.63, 3.8) is 0 Å². The highest BCUT2D eigenvalue weighted by Gasteiger charge is 2.16. The minimum Gasteiger partial charge on any atom is -0.493 e. The van der Waals surface area contributed by atoms with E-state index in [1.165, 1.54) is 0 Å². The number of aromatic nitrogens is 1. The number of pyridine rings is 1. The van der Waals surface area contributed by atoms with E-state index in [9.17, 15) is 4.79 Å². The molecule has 29 heavy (non-hydrogen) atoms. The molecule has 3 rings (SSSR count). The molecular weight excluding hydrogens is 364 g/mol. The molecule has 0 saturated carbocycles. The fraction of sp³-hybridized carbons (Fsp3) is 0.261. The van der Waals surface area contributed by atoms with Crippen LogP contribution < -0.4 is 16.2 Å². The second-order valence-electron chi connectivity index (χ2n) is 8.24. The Morgan fingerprint density at radius 2 is 1.83 bits per heavy atom. The molecule has 1 amide bonds. The molecular formula is C23H26N4O2. The maximum atomic E-state index is 12.7. The van der Waals surface area contributed by atoms with E-state index in [2.05, 4.69) is 25.8 Å². The maximum absolute atomic E-state index is 12.7. The largest absolute Gasteiger partial charge is 0.493 e. The summed E-state index contributed by atoms with van der Waals surface area (Å²) in [5, 5.41) is 0.667. The normalized spacial score (nSPS) is 11.3. The summed E-state index contributed by atoms with van der Waals surface area (Å²) in [4.78, 5) is 21.2. The lowest BCUT2D eigenvalue weighted by Crippen LogP contribution is -2.24. The Morgan fingerprint density at radius 1 is 1.10 bits per heavy atom. The van der Waals surface area contributed by atoms with Crippen LogP contribution >= 0.6 is 0 Å². The van der Waals surface area contributed by atoms with Gasteiger partial charge in [0, 0.05) is 17.0 Å². The molecule has 2 aromatic carbocycles. The molecule has 3 aromatic rings. The van der Waals surface area contributed by atoms with E-state index < -0.39 is 5.91 Å². The number of carbonyl (C=O) groups excluding carboxylic acids is 1. The van der Waals surface area contributed by atoms with Gasteiger partial charge in [-0.25, -0.2) is 4.98 Å². The molecule has 150 valence electrons. The zero-order valence-corrected chi connectivity index (χ0v) is 17.2. The summed E-state index contributed by atoms with van der Waals surface area (Å²) in [6, 6.07) is 15.1. The zero-order valence-electron chi connectivity index (χ0n) is 17.2. The Hall–Kier alpha value is -3.41. The Balaban J connectivity index is 2.18. The lowest BCUT2D eigenvalue weighted by atomic mass is 9.98. The third-order valence-electron chi connectivity index (χ3n) is 4.34. The SMILES string of the molecule is Cc1ccccc1-c1cc(C(=O)N=C(N)N)c2ccc(OCC(C)(C)C)cc2n1. The first-order chi connectivity index (χ1) is 13.6. The summed E-state index contributed by atoms with van der Waals surface area (Å²) in [5.74, 6) is -0.0831. The van der Waals surface area contributed by atoms with Crippen LogP contribution in [0.25, 0.3) is 22.2 Å². The van der Waals surface area contributed by atoms with Crippen molar-refractivity contribution < 1.29 is 9.53 Å². The molecule has 1 heterocycles. The lowest BCUT2D eigenvalue weighted by molar-refractivity contribution is 0.100. The zero-order chi connectivity index (χ0) is 21.2. The van der Waals surface area contributed by atoms with Crippen molar-refractivity contribution >= 4 is 22.8 Å². The summed E-state index contributed by atoms with van der Waals surface area (Å²) >= 11 is 0. The number of aryl methyl sites for hydroxylation is 1. The molecule has 4 N–H and O–H groups in total. The predicted octanol–water partition coefficient (Wildman–Crippen LogP) is 4.05. The number of amides is 1. The maximum Gasteiger partial charge on any atom is 0.280 e. The summed E-state index contributed by atoms with van der Waals surface area (Å²) in [6.07, 6.45) is 0. The summed E-state index contributed by atoms with van der Waals surface area (Å²) in [7, 11) is 0. The molecule has 6 nitrogen and oxygen atoms in total. The number of fused-ring (bicyclic) bond motifs is 1. The highest BCUT2D eigenvalue weighted by Crippen LogP contribution is 2.30. The van der Waals surface area contributed by atoms with Gasteiger partial charge in [0.15, 0.2) is 5.96 Å². The second-order valence-corrected chi connectivity index (χ2v) is 8.24. The van der Waals surface area contributed by atoms with Crippen LogP contribution in [0.5, 0.6) is 5.75 Å². The van der Waals surface area contributed by atoms with Crippen molar-refractivity contribution in [2.45, 2.75) is 27.7 Å². The van der Waals surface area contributed by atoms with Gasteiger partial charge in [-0.15, -0.1) is 0 Å². The van der Waals surface area contributed by atoms with Gasteiger partial charge in [0.2, 0.25) is 0 Å². The number of rotatable bonds is 4. The van der Waals surface area contributed by atoms with E-state index in [1.54, 1.807) is 6.07 Å². The van der Waals surface area contributed by atoms with Crippen LogP contribution in [0, 0.1) is 12.3 Å². The van der Waals surface area contributed by atoms with Crippen LogP contribution in [0.2, 0.25) is 0 Å². The van der Waals surface area contributed by atoms with E-state index in [0.717, 1.165) is 11.1 Å². The fourth-order valence-corrected chi connectivity index (χ4v) is 2.95. The molecule has 1 aromatic heterocycles. The molecule has 0 fully saturated rings. The first-order valence-corrected chi connectivity index (χ1v) is 9.41. The second kappa shape index (κ2) is 7.91. The van der Waals surface area contributed by atoms with Crippen molar-refractivity contribution in [1.82, 2.24) is 4.98 Å². The Morgan fingerprint density at radius 3 is 2.48 bits per heavy atom. The predicted molar refractivity (Wildman–Crippen MR) is 117 cm³/mol. The molecule has 0 aliphatic rings. The monoisotopic (exact) mass is 390 g/mol. The number of aliphatic imine (C=N–C) groups is 1. The summed E-state index contributed by atoms with van der Waals surface area (Å²) in [6.45, 7) is 8.88. The first kappa shape index (κ1) is 20.3. The third kappa shape index (κ3) is 4.90. The van der Waals surface area contributed by atoms with Crippen LogP contribution in [0.1, 0.15) is 36.7 Å². The van der Waals surface area contributed by atoms with Gasteiger partial charge in [0.1, 0.15) is 5.75 Å². The van der Waals surface area contributed by atoms with Crippen LogP contribution in [0.3, 0.4) is 0 Å². The van der Waals surface area contributed by atoms with E-state index in [4.69, 9.17) is 21.2 Å². The third-order valence-corrected chi connectivity index (χ3v) is 4.34. The number of ether oxygens (including phenoxy) is 1. The van der Waals surface area contributed by atoms with Crippen LogP contribution in [0.15, 0.2) is 53.5 Å². The Bertz CT molecular complexity index is 1090. The van der Waals surface area contributed by atoms with Crippen molar-refractivity contribution in [3.8, 4) is 17.0 Å². The smallest absolute Gasteiger partial charge is 0.280 e. The minimum atomic E-state index is -0.504. The highest BCUT2D eigenvalue weighted by molar-refractivity contribution is 6.11. The molecule has 0 atom stereocenters. The van der Waals surface area contributed by atoms with E-state index >= 15 is 0 Å². The molecule has 0 saturated heterocycles. The molecule has 0 unspecified atom stereocenters. The summed E-state index contributed by atoms with van der Waals surface area (Å²) in [5.41, 5.74) is 14.6. The van der Waals surface area contributed by atoms with Gasteiger partial charge in [-0.3, -0.25) is 4.79 Å². The van der Waals surface area contributed by atoms with Crippen molar-refractivity contribution in [2.24, 2.45) is 21.9 Å². The molecule has 0 aliphatic heterocycles. The van der Waals surface area contributed by atoms with Gasteiger partial charge in [-0.2, -0.15) is 4.99 Å². The number of nitrogens with zero attached hydrogens (tertiary/aromatic N) is 2. The van der Waals surface area contributed by atoms with Gasteiger partial charge < -0.3 is 16.2 Å². The van der Waals surface area contributed by atoms with Gasteiger partial charge in [-0.1, -0.05) is 45.0 Å². The quantitative estimate of drug-likeness (QED) is 0.517. The number of nitrogens with two attached hydrogens (primary N) is 2. The summed E-state index contributed by atoms with van der Waals surface area (Å²) < 4.78 is 5.92. The molecule has 0 spiro atoms. The van der Waals surface area contributed by atoms with Gasteiger partial charge >= 0.3 is 0 Å². The average molecular weight is 390 g/mol. The van der Waals surface area contributed by atoms with E-state index in [0.29, 0.717) is 34.5 Å². The first-order valence-electron chi connectivity index (χ1n) is 9.41. The van der Waals surface area contributed by atoms with Gasteiger partial charge in [0.25, 0.3) is 5.91 Å². The van der Waals surface area contributed by atoms with Crippen molar-refractivity contribution in [3.05, 3.63) is 59.7 Å². The van der Waals surface area contributed by atoms with Gasteiger partial charge in [0.05, 0.1) is 23.4 Å². The number of hydrogen-bond donors (Lipinski definition) is 2. The number of hydrogen-bond acceptors (Lipinski definition) is 3. The fourth-order valence-electron chi connectivity index (χ4n) is 2.95. The van der Waals surface area contributed by atoms with E-state index in [-0.39, 0.29) is 11.4 Å². The topological polar surface area (TPSA) is 104 Å². The van der Waals surface area contributed by atoms with Crippen molar-refractivity contribution in [2.75, 3.05) is 6.61 Å². The molecule has 6 heteroatoms. The van der Waals surface area contributed by atoms with Crippen molar-refractivity contribution in [1.29, 1.82) is 0 Å². The van der Waals surface area contributed by atoms with Crippen LogP contribution in [-0.2, 0) is 0 Å². The molecule has 0 aliphatic carbocycles. The average Bonchev–Trinajstić information content (AvgIpc) is 2.64. The Labute approximate surface area is 170 Å². The standard InChI is InChI=1S/C23H26N4O2/c1-14-7-5-6-8-16(14)20-12-18(21(28)27-22(24)25)17-10-9-15(11-19(17)26-20)29-13-23(2,3)4/h5-12H,13H2,1-4H3,(H4,24,25,27,28). The lowest BCUT2D eigenvalue weighted by Gasteiger charge is -2.19. The Kier molecular flexibility index (Phi) is 5.55. The number of benzene rings is 2. The molecule has 0 bridgehead atoms. The minimum absolute atomic E-state index is 0.0277. The highest BCUT2D eigenvalue weighted by atomic mass is 16.5. The van der Waals surface area contributed by atoms with Crippen LogP contribution in [-0.4, -0.2) is 23.5 Å². The number of carbonyl (C=O) groups is 1. The van der Waals surface area contributed by atoms with Gasteiger partial charge in [-0.05, 0) is 36.1 Å². The number of guanidine groups is 1.